The second-order valence-electron chi connectivity index (χ2n) is 6.12. The van der Waals surface area contributed by atoms with Crippen LogP contribution in [0, 0.1) is 13.8 Å². The Morgan fingerprint density at radius 1 is 1.08 bits per heavy atom. The van der Waals surface area contributed by atoms with E-state index < -0.39 is 11.7 Å². The quantitative estimate of drug-likeness (QED) is 0.712. The smallest absolute Gasteiger partial charge is 0.326 e. The molecule has 1 N–H and O–H groups in total. The summed E-state index contributed by atoms with van der Waals surface area (Å²) in [6.45, 7) is 3.75. The lowest BCUT2D eigenvalue weighted by Crippen LogP contribution is -2.17. The lowest BCUT2D eigenvalue weighted by molar-refractivity contribution is -0.137. The van der Waals surface area contributed by atoms with Crippen molar-refractivity contribution in [1.82, 2.24) is 4.98 Å². The number of rotatable bonds is 3. The predicted octanol–water partition coefficient (Wildman–Crippen LogP) is 5.05. The molecule has 2 aromatic carbocycles. The number of fused-ring (bicyclic) bond motifs is 1. The summed E-state index contributed by atoms with van der Waals surface area (Å²) in [5.41, 5.74) is 2.65. The van der Waals surface area contributed by atoms with Crippen molar-refractivity contribution in [3.8, 4) is 0 Å². The number of amides is 1. The number of hydrogen-bond donors (Lipinski definition) is 1. The first-order valence-corrected chi connectivity index (χ1v) is 8.07. The van der Waals surface area contributed by atoms with E-state index in [2.05, 4.69) is 10.3 Å². The summed E-state index contributed by atoms with van der Waals surface area (Å²) in [6, 6.07) is 12.2. The van der Waals surface area contributed by atoms with E-state index in [0.29, 0.717) is 0 Å². The van der Waals surface area contributed by atoms with Gasteiger partial charge in [-0.05, 0) is 49.2 Å². The number of carbonyl (C=O) groups excluding carboxylic acids is 1. The number of alkyl halides is 3. The predicted molar refractivity (Wildman–Crippen MR) is 95.0 cm³/mol. The van der Waals surface area contributed by atoms with E-state index in [-0.39, 0.29) is 18.0 Å². The molecule has 26 heavy (non-hydrogen) atoms. The summed E-state index contributed by atoms with van der Waals surface area (Å²) in [6.07, 6.45) is -4.40. The molecule has 1 aromatic heterocycles. The Hall–Kier alpha value is -2.89. The summed E-state index contributed by atoms with van der Waals surface area (Å²) in [4.78, 5) is 16.9. The van der Waals surface area contributed by atoms with Crippen molar-refractivity contribution >= 4 is 22.5 Å². The Kier molecular flexibility index (Phi) is 4.68. The van der Waals surface area contributed by atoms with Crippen LogP contribution in [0.25, 0.3) is 10.9 Å². The number of carbonyl (C=O) groups is 1. The van der Waals surface area contributed by atoms with E-state index in [0.717, 1.165) is 39.9 Å². The van der Waals surface area contributed by atoms with Crippen molar-refractivity contribution < 1.29 is 18.0 Å². The molecular weight excluding hydrogens is 341 g/mol. The fraction of sp³-hybridized carbons (Fsp3) is 0.200. The zero-order valence-electron chi connectivity index (χ0n) is 14.3. The molecule has 3 nitrogen and oxygen atoms in total. The second kappa shape index (κ2) is 6.78. The van der Waals surface area contributed by atoms with Gasteiger partial charge in [-0.1, -0.05) is 24.3 Å². The molecule has 0 spiro atoms. The van der Waals surface area contributed by atoms with Crippen LogP contribution in [0.5, 0.6) is 0 Å². The molecule has 0 aliphatic carbocycles. The van der Waals surface area contributed by atoms with Gasteiger partial charge in [0.15, 0.2) is 0 Å². The van der Waals surface area contributed by atoms with Crippen LogP contribution in [-0.2, 0) is 17.4 Å². The SMILES string of the molecule is Cc1nc2ccccc2c(C)c1CC(=O)Nc1cccc(C(F)(F)F)c1. The van der Waals surface area contributed by atoms with Gasteiger partial charge in [-0.25, -0.2) is 0 Å². The number of aromatic nitrogens is 1. The van der Waals surface area contributed by atoms with E-state index in [1.54, 1.807) is 0 Å². The highest BCUT2D eigenvalue weighted by atomic mass is 19.4. The first kappa shape index (κ1) is 17.9. The van der Waals surface area contributed by atoms with Gasteiger partial charge in [-0.15, -0.1) is 0 Å². The summed E-state index contributed by atoms with van der Waals surface area (Å²) in [5.74, 6) is -0.382. The third-order valence-electron chi connectivity index (χ3n) is 4.30. The largest absolute Gasteiger partial charge is 0.416 e. The van der Waals surface area contributed by atoms with Gasteiger partial charge in [0.2, 0.25) is 5.91 Å². The van der Waals surface area contributed by atoms with E-state index in [9.17, 15) is 18.0 Å². The van der Waals surface area contributed by atoms with Crippen LogP contribution in [0.1, 0.15) is 22.4 Å². The molecule has 0 bridgehead atoms. The number of aryl methyl sites for hydroxylation is 2. The van der Waals surface area contributed by atoms with Crippen molar-refractivity contribution in [3.05, 3.63) is 70.9 Å². The van der Waals surface area contributed by atoms with E-state index in [1.165, 1.54) is 12.1 Å². The van der Waals surface area contributed by atoms with Crippen LogP contribution in [0.15, 0.2) is 48.5 Å². The summed E-state index contributed by atoms with van der Waals surface area (Å²) in [5, 5.41) is 3.50. The van der Waals surface area contributed by atoms with Crippen LogP contribution in [0.3, 0.4) is 0 Å². The molecule has 0 fully saturated rings. The first-order chi connectivity index (χ1) is 12.3. The van der Waals surface area contributed by atoms with Gasteiger partial charge in [-0.3, -0.25) is 9.78 Å². The van der Waals surface area contributed by atoms with Crippen LogP contribution in [0.2, 0.25) is 0 Å². The molecule has 0 radical (unpaired) electrons. The average Bonchev–Trinajstić information content (AvgIpc) is 2.58. The van der Waals surface area contributed by atoms with Gasteiger partial charge < -0.3 is 5.32 Å². The molecule has 134 valence electrons. The highest BCUT2D eigenvalue weighted by molar-refractivity contribution is 5.94. The summed E-state index contributed by atoms with van der Waals surface area (Å²) < 4.78 is 38.4. The third kappa shape index (κ3) is 3.69. The van der Waals surface area contributed by atoms with Gasteiger partial charge in [0.25, 0.3) is 0 Å². The molecule has 0 aliphatic rings. The fourth-order valence-electron chi connectivity index (χ4n) is 2.97. The maximum atomic E-state index is 12.8. The Bertz CT molecular complexity index is 980. The number of halogens is 3. The van der Waals surface area contributed by atoms with E-state index in [4.69, 9.17) is 0 Å². The number of para-hydroxylation sites is 1. The Labute approximate surface area is 148 Å². The number of pyridine rings is 1. The Morgan fingerprint density at radius 3 is 2.54 bits per heavy atom. The van der Waals surface area contributed by atoms with Crippen molar-refractivity contribution in [2.24, 2.45) is 0 Å². The van der Waals surface area contributed by atoms with Crippen LogP contribution in [-0.4, -0.2) is 10.9 Å². The molecule has 0 unspecified atom stereocenters. The molecule has 0 saturated heterocycles. The minimum atomic E-state index is -4.45. The normalized spacial score (nSPS) is 11.6. The van der Waals surface area contributed by atoms with Gasteiger partial charge in [0.1, 0.15) is 0 Å². The van der Waals surface area contributed by atoms with Crippen LogP contribution in [0.4, 0.5) is 18.9 Å². The topological polar surface area (TPSA) is 42.0 Å². The number of nitrogens with zero attached hydrogens (tertiary/aromatic N) is 1. The first-order valence-electron chi connectivity index (χ1n) is 8.07. The lowest BCUT2D eigenvalue weighted by Gasteiger charge is -2.13. The van der Waals surface area contributed by atoms with Crippen LogP contribution >= 0.6 is 0 Å². The monoisotopic (exact) mass is 358 g/mol. The van der Waals surface area contributed by atoms with Crippen molar-refractivity contribution in [3.63, 3.8) is 0 Å². The number of hydrogen-bond acceptors (Lipinski definition) is 2. The molecule has 0 saturated carbocycles. The maximum absolute atomic E-state index is 12.8. The highest BCUT2D eigenvalue weighted by Gasteiger charge is 2.30. The lowest BCUT2D eigenvalue weighted by atomic mass is 9.99. The van der Waals surface area contributed by atoms with Crippen LogP contribution < -0.4 is 5.32 Å². The number of benzene rings is 2. The minimum Gasteiger partial charge on any atom is -0.326 e. The van der Waals surface area contributed by atoms with Crippen molar-refractivity contribution in [1.29, 1.82) is 0 Å². The molecule has 1 heterocycles. The number of anilines is 1. The highest BCUT2D eigenvalue weighted by Crippen LogP contribution is 2.30. The zero-order valence-corrected chi connectivity index (χ0v) is 14.3. The molecule has 3 rings (SSSR count). The standard InChI is InChI=1S/C20H17F3N2O/c1-12-16-8-3-4-9-18(16)24-13(2)17(12)11-19(26)25-15-7-5-6-14(10-15)20(21,22)23/h3-10H,11H2,1-2H3,(H,25,26). The van der Waals surface area contributed by atoms with Crippen molar-refractivity contribution in [2.45, 2.75) is 26.4 Å². The maximum Gasteiger partial charge on any atom is 0.416 e. The zero-order chi connectivity index (χ0) is 18.9. The molecule has 1 amide bonds. The summed E-state index contributed by atoms with van der Waals surface area (Å²) in [7, 11) is 0. The van der Waals surface area contributed by atoms with Crippen molar-refractivity contribution in [2.75, 3.05) is 5.32 Å². The molecule has 6 heteroatoms. The Balaban J connectivity index is 1.84. The summed E-state index contributed by atoms with van der Waals surface area (Å²) >= 11 is 0. The fourth-order valence-corrected chi connectivity index (χ4v) is 2.97. The van der Waals surface area contributed by atoms with E-state index in [1.807, 2.05) is 38.1 Å². The molecular formula is C20H17F3N2O. The van der Waals surface area contributed by atoms with Gasteiger partial charge in [0, 0.05) is 16.8 Å². The van der Waals surface area contributed by atoms with Gasteiger partial charge >= 0.3 is 6.18 Å². The van der Waals surface area contributed by atoms with Gasteiger partial charge in [0.05, 0.1) is 17.5 Å². The molecule has 3 aromatic rings. The van der Waals surface area contributed by atoms with E-state index >= 15 is 0 Å². The average molecular weight is 358 g/mol. The molecule has 0 atom stereocenters. The minimum absolute atomic E-state index is 0.0474. The number of nitrogens with one attached hydrogen (secondary N) is 1. The second-order valence-corrected chi connectivity index (χ2v) is 6.12. The van der Waals surface area contributed by atoms with Gasteiger partial charge in [-0.2, -0.15) is 13.2 Å². The third-order valence-corrected chi connectivity index (χ3v) is 4.30. The molecule has 0 aliphatic heterocycles. The Morgan fingerprint density at radius 2 is 1.81 bits per heavy atom.